The first-order valence-electron chi connectivity index (χ1n) is 4.80. The Labute approximate surface area is 100.0 Å². The van der Waals surface area contributed by atoms with Gasteiger partial charge in [-0.3, -0.25) is 5.43 Å². The SMILES string of the molecule is COC(=O)NNC(=S)Cc1ccc(C)cc1. The maximum atomic E-state index is 10.8. The van der Waals surface area contributed by atoms with Gasteiger partial charge in [0, 0.05) is 6.42 Å². The number of benzene rings is 1. The average molecular weight is 238 g/mol. The lowest BCUT2D eigenvalue weighted by Gasteiger charge is -2.08. The molecule has 5 heteroatoms. The predicted octanol–water partition coefficient (Wildman–Crippen LogP) is 1.73. The Balaban J connectivity index is 2.40. The van der Waals surface area contributed by atoms with Crippen molar-refractivity contribution in [1.82, 2.24) is 10.9 Å². The van der Waals surface area contributed by atoms with Crippen LogP contribution in [0.25, 0.3) is 0 Å². The number of methoxy groups -OCH3 is 1. The minimum atomic E-state index is -0.564. The van der Waals surface area contributed by atoms with Crippen LogP contribution in [0.2, 0.25) is 0 Å². The molecule has 0 aliphatic heterocycles. The first kappa shape index (κ1) is 12.4. The predicted molar refractivity (Wildman–Crippen MR) is 66.2 cm³/mol. The van der Waals surface area contributed by atoms with E-state index in [1.165, 1.54) is 12.7 Å². The lowest BCUT2D eigenvalue weighted by molar-refractivity contribution is 0.169. The second kappa shape index (κ2) is 6.07. The minimum absolute atomic E-state index is 0.536. The van der Waals surface area contributed by atoms with Crippen LogP contribution in [0.1, 0.15) is 11.1 Å². The fraction of sp³-hybridized carbons (Fsp3) is 0.273. The van der Waals surface area contributed by atoms with Crippen LogP contribution < -0.4 is 10.9 Å². The van der Waals surface area contributed by atoms with Crippen LogP contribution in [-0.4, -0.2) is 18.2 Å². The Morgan fingerprint density at radius 3 is 2.50 bits per heavy atom. The molecule has 0 spiro atoms. The molecule has 0 heterocycles. The smallest absolute Gasteiger partial charge is 0.425 e. The highest BCUT2D eigenvalue weighted by atomic mass is 32.1. The van der Waals surface area contributed by atoms with Crippen LogP contribution in [0.3, 0.4) is 0 Å². The number of nitrogens with one attached hydrogen (secondary N) is 2. The van der Waals surface area contributed by atoms with Crippen LogP contribution in [0, 0.1) is 6.92 Å². The number of carbonyl (C=O) groups excluding carboxylic acids is 1. The molecular formula is C11H14N2O2S. The Kier molecular flexibility index (Phi) is 4.72. The summed E-state index contributed by atoms with van der Waals surface area (Å²) < 4.78 is 4.39. The van der Waals surface area contributed by atoms with Gasteiger partial charge in [-0.1, -0.05) is 42.0 Å². The van der Waals surface area contributed by atoms with Crippen molar-refractivity contribution in [2.75, 3.05) is 7.11 Å². The molecular weight excluding hydrogens is 224 g/mol. The molecule has 0 aromatic heterocycles. The summed E-state index contributed by atoms with van der Waals surface area (Å²) in [4.78, 5) is 11.3. The molecule has 1 rings (SSSR count). The van der Waals surface area contributed by atoms with E-state index < -0.39 is 6.09 Å². The highest BCUT2D eigenvalue weighted by Gasteiger charge is 2.01. The third-order valence-electron chi connectivity index (χ3n) is 1.97. The maximum Gasteiger partial charge on any atom is 0.425 e. The van der Waals surface area contributed by atoms with E-state index in [1.54, 1.807) is 0 Å². The largest absolute Gasteiger partial charge is 0.452 e. The summed E-state index contributed by atoms with van der Waals surface area (Å²) in [5, 5.41) is 0. The second-order valence-corrected chi connectivity index (χ2v) is 3.82. The second-order valence-electron chi connectivity index (χ2n) is 3.33. The standard InChI is InChI=1S/C11H14N2O2S/c1-8-3-5-9(6-4-8)7-10(16)12-13-11(14)15-2/h3-6H,7H2,1-2H3,(H,12,16)(H,13,14). The molecule has 0 aliphatic carbocycles. The average Bonchev–Trinajstić information content (AvgIpc) is 2.29. The van der Waals surface area contributed by atoms with E-state index in [0.29, 0.717) is 11.4 Å². The summed E-state index contributed by atoms with van der Waals surface area (Å²) in [6, 6.07) is 8.04. The molecule has 1 amide bonds. The molecule has 4 nitrogen and oxygen atoms in total. The lowest BCUT2D eigenvalue weighted by Crippen LogP contribution is -2.41. The van der Waals surface area contributed by atoms with Crippen LogP contribution in [0.15, 0.2) is 24.3 Å². The van der Waals surface area contributed by atoms with Gasteiger partial charge in [-0.05, 0) is 12.5 Å². The van der Waals surface area contributed by atoms with Crippen molar-refractivity contribution in [3.8, 4) is 0 Å². The van der Waals surface area contributed by atoms with Gasteiger partial charge in [0.15, 0.2) is 0 Å². The molecule has 0 aliphatic rings. The zero-order valence-electron chi connectivity index (χ0n) is 9.24. The molecule has 1 aromatic carbocycles. The van der Waals surface area contributed by atoms with Crippen molar-refractivity contribution < 1.29 is 9.53 Å². The third kappa shape index (κ3) is 4.27. The van der Waals surface area contributed by atoms with Crippen LogP contribution >= 0.6 is 12.2 Å². The molecule has 0 bridgehead atoms. The number of hydrogen-bond donors (Lipinski definition) is 2. The first-order valence-corrected chi connectivity index (χ1v) is 5.21. The molecule has 0 radical (unpaired) electrons. The molecule has 0 unspecified atom stereocenters. The van der Waals surface area contributed by atoms with Crippen molar-refractivity contribution in [3.63, 3.8) is 0 Å². The first-order chi connectivity index (χ1) is 7.61. The zero-order valence-corrected chi connectivity index (χ0v) is 10.1. The van der Waals surface area contributed by atoms with Gasteiger partial charge in [-0.25, -0.2) is 10.2 Å². The van der Waals surface area contributed by atoms with Gasteiger partial charge >= 0.3 is 6.09 Å². The van der Waals surface area contributed by atoms with Crippen molar-refractivity contribution >= 4 is 23.3 Å². The Morgan fingerprint density at radius 2 is 1.94 bits per heavy atom. The highest BCUT2D eigenvalue weighted by Crippen LogP contribution is 2.03. The Morgan fingerprint density at radius 1 is 1.31 bits per heavy atom. The number of hydrazine groups is 1. The fourth-order valence-corrected chi connectivity index (χ4v) is 1.32. The monoisotopic (exact) mass is 238 g/mol. The van der Waals surface area contributed by atoms with Crippen molar-refractivity contribution in [2.24, 2.45) is 0 Å². The maximum absolute atomic E-state index is 10.8. The number of hydrogen-bond acceptors (Lipinski definition) is 3. The van der Waals surface area contributed by atoms with Crippen molar-refractivity contribution in [1.29, 1.82) is 0 Å². The number of carbonyl (C=O) groups is 1. The van der Waals surface area contributed by atoms with Gasteiger partial charge in [-0.2, -0.15) is 0 Å². The summed E-state index contributed by atoms with van der Waals surface area (Å²) in [7, 11) is 1.29. The summed E-state index contributed by atoms with van der Waals surface area (Å²) in [6.07, 6.45) is 0.0193. The quantitative estimate of drug-likeness (QED) is 0.608. The zero-order chi connectivity index (χ0) is 12.0. The van der Waals surface area contributed by atoms with E-state index in [9.17, 15) is 4.79 Å². The van der Waals surface area contributed by atoms with Gasteiger partial charge in [0.2, 0.25) is 0 Å². The third-order valence-corrected chi connectivity index (χ3v) is 2.22. The molecule has 16 heavy (non-hydrogen) atoms. The van der Waals surface area contributed by atoms with Crippen molar-refractivity contribution in [2.45, 2.75) is 13.3 Å². The minimum Gasteiger partial charge on any atom is -0.452 e. The molecule has 0 fully saturated rings. The van der Waals surface area contributed by atoms with Crippen LogP contribution in [0.5, 0.6) is 0 Å². The summed E-state index contributed by atoms with van der Waals surface area (Å²) in [5.74, 6) is 0. The van der Waals surface area contributed by atoms with E-state index in [0.717, 1.165) is 5.56 Å². The fourth-order valence-electron chi connectivity index (χ4n) is 1.11. The number of amides is 1. The van der Waals surface area contributed by atoms with E-state index in [-0.39, 0.29) is 0 Å². The molecule has 0 atom stereocenters. The topological polar surface area (TPSA) is 50.4 Å². The highest BCUT2D eigenvalue weighted by molar-refractivity contribution is 7.80. The summed E-state index contributed by atoms with van der Waals surface area (Å²) in [6.45, 7) is 2.03. The molecule has 0 saturated carbocycles. The Bertz CT molecular complexity index is 376. The Hall–Kier alpha value is -1.62. The molecule has 86 valence electrons. The van der Waals surface area contributed by atoms with Crippen LogP contribution in [0.4, 0.5) is 4.79 Å². The van der Waals surface area contributed by atoms with Crippen molar-refractivity contribution in [3.05, 3.63) is 35.4 Å². The van der Waals surface area contributed by atoms with E-state index in [4.69, 9.17) is 12.2 Å². The molecule has 0 saturated heterocycles. The molecule has 1 aromatic rings. The van der Waals surface area contributed by atoms with Gasteiger partial charge < -0.3 is 4.74 Å². The number of aryl methyl sites for hydroxylation is 1. The summed E-state index contributed by atoms with van der Waals surface area (Å²) in [5.41, 5.74) is 7.21. The van der Waals surface area contributed by atoms with Gasteiger partial charge in [0.25, 0.3) is 0 Å². The number of rotatable bonds is 2. The number of thiocarbonyl (C=S) groups is 1. The van der Waals surface area contributed by atoms with Gasteiger partial charge in [0.1, 0.15) is 0 Å². The molecule has 2 N–H and O–H groups in total. The number of ether oxygens (including phenoxy) is 1. The lowest BCUT2D eigenvalue weighted by atomic mass is 10.1. The van der Waals surface area contributed by atoms with E-state index in [2.05, 4.69) is 15.6 Å². The van der Waals surface area contributed by atoms with Gasteiger partial charge in [-0.15, -0.1) is 0 Å². The van der Waals surface area contributed by atoms with Crippen LogP contribution in [-0.2, 0) is 11.2 Å². The van der Waals surface area contributed by atoms with Gasteiger partial charge in [0.05, 0.1) is 12.1 Å². The summed E-state index contributed by atoms with van der Waals surface area (Å²) >= 11 is 5.05. The normalized spacial score (nSPS) is 9.38. The van der Waals surface area contributed by atoms with E-state index >= 15 is 0 Å². The van der Waals surface area contributed by atoms with E-state index in [1.807, 2.05) is 31.2 Å².